The van der Waals surface area contributed by atoms with Gasteiger partial charge in [-0.1, -0.05) is 63.3 Å². The van der Waals surface area contributed by atoms with Crippen molar-refractivity contribution in [3.05, 3.63) is 48.1 Å². The molecule has 0 N–H and O–H groups in total. The van der Waals surface area contributed by atoms with E-state index in [1.807, 2.05) is 13.8 Å². The SMILES string of the molecule is CC.CC12C3=CC1C=CC=CC2C=C3. The molecule has 3 atom stereocenters. The third kappa shape index (κ3) is 1.00. The monoisotopic (exact) mass is 186 g/mol. The molecule has 3 aliphatic carbocycles. The van der Waals surface area contributed by atoms with E-state index in [2.05, 4.69) is 49.5 Å². The summed E-state index contributed by atoms with van der Waals surface area (Å²) in [6.45, 7) is 6.37. The van der Waals surface area contributed by atoms with Gasteiger partial charge in [0.15, 0.2) is 0 Å². The van der Waals surface area contributed by atoms with Crippen molar-refractivity contribution in [1.29, 1.82) is 0 Å². The van der Waals surface area contributed by atoms with E-state index in [0.29, 0.717) is 17.3 Å². The molecule has 0 spiro atoms. The maximum atomic E-state index is 2.38. The molecule has 0 saturated heterocycles. The Balaban J connectivity index is 0.000000354. The number of hydrogen-bond acceptors (Lipinski definition) is 0. The first-order chi connectivity index (χ1) is 6.82. The van der Waals surface area contributed by atoms with Gasteiger partial charge < -0.3 is 0 Å². The predicted molar refractivity (Wildman–Crippen MR) is 61.9 cm³/mol. The lowest BCUT2D eigenvalue weighted by Gasteiger charge is -2.44. The van der Waals surface area contributed by atoms with Gasteiger partial charge in [-0.2, -0.15) is 0 Å². The van der Waals surface area contributed by atoms with E-state index in [4.69, 9.17) is 0 Å². The summed E-state index contributed by atoms with van der Waals surface area (Å²) in [5.74, 6) is 1.31. The maximum absolute atomic E-state index is 2.38. The molecule has 0 fully saturated rings. The van der Waals surface area contributed by atoms with Crippen LogP contribution in [0, 0.1) is 17.3 Å². The fraction of sp³-hybridized carbons (Fsp3) is 0.429. The number of hydrogen-bond donors (Lipinski definition) is 0. The molecule has 3 rings (SSSR count). The third-order valence-corrected chi connectivity index (χ3v) is 3.60. The molecular weight excluding hydrogens is 168 g/mol. The average molecular weight is 186 g/mol. The lowest BCUT2D eigenvalue weighted by Crippen LogP contribution is -2.36. The predicted octanol–water partition coefficient (Wildman–Crippen LogP) is 3.89. The first-order valence-corrected chi connectivity index (χ1v) is 5.57. The first-order valence-electron chi connectivity index (χ1n) is 5.57. The van der Waals surface area contributed by atoms with Crippen LogP contribution in [0.1, 0.15) is 20.8 Å². The Hall–Kier alpha value is -1.04. The fourth-order valence-corrected chi connectivity index (χ4v) is 2.59. The summed E-state index contributed by atoms with van der Waals surface area (Å²) >= 11 is 0. The van der Waals surface area contributed by atoms with Gasteiger partial charge in [-0.05, 0) is 5.57 Å². The van der Waals surface area contributed by atoms with Gasteiger partial charge in [0.05, 0.1) is 0 Å². The normalized spacial score (nSPS) is 40.4. The third-order valence-electron chi connectivity index (χ3n) is 3.60. The Labute approximate surface area is 86.7 Å². The zero-order valence-electron chi connectivity index (χ0n) is 9.20. The highest BCUT2D eigenvalue weighted by atomic mass is 14.5. The summed E-state index contributed by atoms with van der Waals surface area (Å²) in [5, 5.41) is 0. The molecule has 0 aromatic carbocycles. The Morgan fingerprint density at radius 2 is 1.64 bits per heavy atom. The number of rotatable bonds is 0. The van der Waals surface area contributed by atoms with E-state index in [0.717, 1.165) is 0 Å². The fourth-order valence-electron chi connectivity index (χ4n) is 2.59. The van der Waals surface area contributed by atoms with Crippen LogP contribution in [0.15, 0.2) is 48.1 Å². The highest BCUT2D eigenvalue weighted by molar-refractivity contribution is 5.50. The lowest BCUT2D eigenvalue weighted by atomic mass is 9.59. The maximum Gasteiger partial charge on any atom is 0.0117 e. The molecule has 0 aliphatic heterocycles. The molecular formula is C14H18. The van der Waals surface area contributed by atoms with Crippen molar-refractivity contribution in [3.8, 4) is 0 Å². The molecule has 0 nitrogen and oxygen atoms in total. The van der Waals surface area contributed by atoms with Crippen LogP contribution in [0.5, 0.6) is 0 Å². The van der Waals surface area contributed by atoms with Crippen molar-refractivity contribution in [2.45, 2.75) is 20.8 Å². The zero-order chi connectivity index (χ0) is 10.2. The van der Waals surface area contributed by atoms with Crippen LogP contribution >= 0.6 is 0 Å². The van der Waals surface area contributed by atoms with E-state index in [1.165, 1.54) is 5.57 Å². The second-order valence-electron chi connectivity index (χ2n) is 4.09. The van der Waals surface area contributed by atoms with E-state index < -0.39 is 0 Å². The van der Waals surface area contributed by atoms with Crippen LogP contribution in [0.3, 0.4) is 0 Å². The molecule has 0 aromatic rings. The highest BCUT2D eigenvalue weighted by Gasteiger charge is 2.49. The molecule has 14 heavy (non-hydrogen) atoms. The second kappa shape index (κ2) is 3.27. The van der Waals surface area contributed by atoms with Gasteiger partial charge >= 0.3 is 0 Å². The topological polar surface area (TPSA) is 0 Å². The van der Waals surface area contributed by atoms with E-state index in [-0.39, 0.29) is 0 Å². The van der Waals surface area contributed by atoms with E-state index in [1.54, 1.807) is 0 Å². The largest absolute Gasteiger partial charge is 0.0767 e. The average Bonchev–Trinajstić information content (AvgIpc) is 2.41. The quantitative estimate of drug-likeness (QED) is 0.538. The van der Waals surface area contributed by atoms with Crippen LogP contribution < -0.4 is 0 Å². The molecule has 0 heteroatoms. The van der Waals surface area contributed by atoms with Crippen LogP contribution in [0.4, 0.5) is 0 Å². The molecule has 3 unspecified atom stereocenters. The van der Waals surface area contributed by atoms with Crippen LogP contribution in [0.25, 0.3) is 0 Å². The smallest absolute Gasteiger partial charge is 0.0117 e. The Morgan fingerprint density at radius 1 is 1.00 bits per heavy atom. The Bertz CT molecular complexity index is 341. The summed E-state index contributed by atoms with van der Waals surface area (Å²) in [4.78, 5) is 0. The van der Waals surface area contributed by atoms with Gasteiger partial charge in [0.1, 0.15) is 0 Å². The van der Waals surface area contributed by atoms with Crippen molar-refractivity contribution in [2.24, 2.45) is 17.3 Å². The van der Waals surface area contributed by atoms with E-state index >= 15 is 0 Å². The summed E-state index contributed by atoms with van der Waals surface area (Å²) < 4.78 is 0. The summed E-state index contributed by atoms with van der Waals surface area (Å²) in [6.07, 6.45) is 16.0. The minimum absolute atomic E-state index is 0.406. The molecule has 0 radical (unpaired) electrons. The van der Waals surface area contributed by atoms with Gasteiger partial charge in [-0.3, -0.25) is 0 Å². The summed E-state index contributed by atoms with van der Waals surface area (Å²) in [7, 11) is 0. The Kier molecular flexibility index (Phi) is 2.22. The summed E-state index contributed by atoms with van der Waals surface area (Å²) in [6, 6.07) is 0. The molecule has 0 amide bonds. The first kappa shape index (κ1) is 9.51. The molecule has 0 bridgehead atoms. The van der Waals surface area contributed by atoms with Crippen LogP contribution in [0.2, 0.25) is 0 Å². The molecule has 3 aliphatic rings. The van der Waals surface area contributed by atoms with Gasteiger partial charge in [-0.25, -0.2) is 0 Å². The Morgan fingerprint density at radius 3 is 2.36 bits per heavy atom. The standard InChI is InChI=1S/C12H12.C2H6/c1-12-9-4-2-3-5-10(12)8-11(12)7-6-9;1-2/h2-10H,1H3;1-2H3. The second-order valence-corrected chi connectivity index (χ2v) is 4.09. The van der Waals surface area contributed by atoms with E-state index in [9.17, 15) is 0 Å². The minimum Gasteiger partial charge on any atom is -0.0767 e. The zero-order valence-corrected chi connectivity index (χ0v) is 9.20. The van der Waals surface area contributed by atoms with Gasteiger partial charge in [0, 0.05) is 17.3 Å². The minimum atomic E-state index is 0.406. The molecule has 0 aromatic heterocycles. The van der Waals surface area contributed by atoms with Crippen molar-refractivity contribution < 1.29 is 0 Å². The van der Waals surface area contributed by atoms with Crippen LogP contribution in [-0.2, 0) is 0 Å². The molecule has 74 valence electrons. The summed E-state index contributed by atoms with van der Waals surface area (Å²) in [5.41, 5.74) is 1.94. The van der Waals surface area contributed by atoms with Crippen molar-refractivity contribution in [3.63, 3.8) is 0 Å². The number of allylic oxidation sites excluding steroid dienone is 8. The highest BCUT2D eigenvalue weighted by Crippen LogP contribution is 2.57. The van der Waals surface area contributed by atoms with Crippen molar-refractivity contribution in [2.75, 3.05) is 0 Å². The molecule has 0 heterocycles. The van der Waals surface area contributed by atoms with Gasteiger partial charge in [0.2, 0.25) is 0 Å². The van der Waals surface area contributed by atoms with Gasteiger partial charge in [-0.15, -0.1) is 0 Å². The van der Waals surface area contributed by atoms with Gasteiger partial charge in [0.25, 0.3) is 0 Å². The lowest BCUT2D eigenvalue weighted by molar-refractivity contribution is 0.258. The molecule has 0 saturated carbocycles. The van der Waals surface area contributed by atoms with Crippen molar-refractivity contribution in [1.82, 2.24) is 0 Å². The van der Waals surface area contributed by atoms with Crippen molar-refractivity contribution >= 4 is 0 Å². The van der Waals surface area contributed by atoms with Crippen LogP contribution in [-0.4, -0.2) is 0 Å².